The topological polar surface area (TPSA) is 77.1 Å². The number of ketones is 1. The number of aryl methyl sites for hydroxylation is 1. The zero-order valence-electron chi connectivity index (χ0n) is 13.0. The van der Waals surface area contributed by atoms with Gasteiger partial charge in [0.15, 0.2) is 0 Å². The van der Waals surface area contributed by atoms with E-state index in [4.69, 9.17) is 5.73 Å². The number of carbonyl (C=O) groups is 2. The van der Waals surface area contributed by atoms with Crippen LogP contribution in [0.3, 0.4) is 0 Å². The largest absolute Gasteiger partial charge is 0.322 e. The minimum atomic E-state index is -0.416. The summed E-state index contributed by atoms with van der Waals surface area (Å²) in [6.45, 7) is 1.61. The molecule has 3 aromatic rings. The van der Waals surface area contributed by atoms with Gasteiger partial charge in [0.05, 0.1) is 12.1 Å². The van der Waals surface area contributed by atoms with Crippen LogP contribution < -0.4 is 11.2 Å². The summed E-state index contributed by atoms with van der Waals surface area (Å²) in [5.74, 6) is -1.13. The minimum absolute atomic E-state index is 0.199. The fourth-order valence-electron chi connectivity index (χ4n) is 2.70. The lowest BCUT2D eigenvalue weighted by atomic mass is 10.0. The average Bonchev–Trinajstić information content (AvgIpc) is 2.87. The van der Waals surface area contributed by atoms with Crippen LogP contribution in [0.25, 0.3) is 10.9 Å². The molecular formula is C18H16FN3O2. The molecule has 122 valence electrons. The Labute approximate surface area is 137 Å². The number of hydrogen-bond donors (Lipinski definition) is 2. The molecule has 0 spiro atoms. The van der Waals surface area contributed by atoms with Crippen LogP contribution in [0, 0.1) is 12.7 Å². The van der Waals surface area contributed by atoms with Gasteiger partial charge in [-0.3, -0.25) is 15.0 Å². The van der Waals surface area contributed by atoms with E-state index in [2.05, 4.69) is 5.43 Å². The molecule has 3 N–H and O–H groups in total. The van der Waals surface area contributed by atoms with Gasteiger partial charge in [-0.1, -0.05) is 18.2 Å². The number of benzene rings is 2. The summed E-state index contributed by atoms with van der Waals surface area (Å²) in [4.78, 5) is 24.7. The third-order valence-corrected chi connectivity index (χ3v) is 3.87. The van der Waals surface area contributed by atoms with E-state index in [1.54, 1.807) is 6.07 Å². The van der Waals surface area contributed by atoms with Gasteiger partial charge in [0.25, 0.3) is 5.91 Å². The Hall–Kier alpha value is -2.99. The van der Waals surface area contributed by atoms with Crippen LogP contribution in [0.15, 0.2) is 48.5 Å². The normalized spacial score (nSPS) is 10.8. The Balaban J connectivity index is 2.20. The number of hydrogen-bond acceptors (Lipinski definition) is 3. The fraction of sp³-hybridized carbons (Fsp3) is 0.111. The van der Waals surface area contributed by atoms with Crippen LogP contribution >= 0.6 is 0 Å². The summed E-state index contributed by atoms with van der Waals surface area (Å²) in [6.07, 6.45) is 0. The lowest BCUT2D eigenvalue weighted by Crippen LogP contribution is -2.31. The molecule has 0 aliphatic carbocycles. The molecule has 24 heavy (non-hydrogen) atoms. The molecule has 1 amide bonds. The maximum atomic E-state index is 13.1. The second kappa shape index (κ2) is 6.25. The van der Waals surface area contributed by atoms with E-state index in [-0.39, 0.29) is 12.3 Å². The van der Waals surface area contributed by atoms with Crippen LogP contribution in [0.4, 0.5) is 4.39 Å². The third-order valence-electron chi connectivity index (χ3n) is 3.87. The smallest absolute Gasteiger partial charge is 0.252 e. The van der Waals surface area contributed by atoms with Crippen LogP contribution in [0.2, 0.25) is 0 Å². The molecule has 0 unspecified atom stereocenters. The SMILES string of the molecule is Cc1c(C(=O)c2ccc(F)cc2)n(NC(=O)CN)c2ccccc12. The highest BCUT2D eigenvalue weighted by Crippen LogP contribution is 2.26. The summed E-state index contributed by atoms with van der Waals surface area (Å²) < 4.78 is 14.6. The number of nitrogens with zero attached hydrogens (tertiary/aromatic N) is 1. The molecule has 0 atom stereocenters. The molecule has 0 aliphatic heterocycles. The Morgan fingerprint density at radius 3 is 2.46 bits per heavy atom. The number of aromatic nitrogens is 1. The molecule has 5 nitrogen and oxygen atoms in total. The predicted molar refractivity (Wildman–Crippen MR) is 89.9 cm³/mol. The van der Waals surface area contributed by atoms with Gasteiger partial charge >= 0.3 is 0 Å². The molecule has 2 aromatic carbocycles. The molecule has 0 aliphatic rings. The lowest BCUT2D eigenvalue weighted by molar-refractivity contribution is -0.115. The summed E-state index contributed by atoms with van der Waals surface area (Å²) in [5, 5.41) is 0.847. The van der Waals surface area contributed by atoms with E-state index in [9.17, 15) is 14.0 Å². The molecule has 0 fully saturated rings. The molecule has 3 rings (SSSR count). The summed E-state index contributed by atoms with van der Waals surface area (Å²) in [5.41, 5.74) is 10.1. The fourth-order valence-corrected chi connectivity index (χ4v) is 2.70. The van der Waals surface area contributed by atoms with Crippen LogP contribution in [0.5, 0.6) is 0 Å². The van der Waals surface area contributed by atoms with Gasteiger partial charge in [0.2, 0.25) is 5.78 Å². The molecule has 0 saturated carbocycles. The maximum absolute atomic E-state index is 13.1. The first kappa shape index (κ1) is 15.9. The number of para-hydroxylation sites is 1. The lowest BCUT2D eigenvalue weighted by Gasteiger charge is -2.11. The van der Waals surface area contributed by atoms with Gasteiger partial charge in [-0.25, -0.2) is 9.07 Å². The number of nitrogens with one attached hydrogen (secondary N) is 1. The van der Waals surface area contributed by atoms with Crippen molar-refractivity contribution in [1.82, 2.24) is 4.68 Å². The Kier molecular flexibility index (Phi) is 4.14. The van der Waals surface area contributed by atoms with Crippen molar-refractivity contribution in [3.8, 4) is 0 Å². The third kappa shape index (κ3) is 2.68. The van der Waals surface area contributed by atoms with Crippen molar-refractivity contribution in [3.63, 3.8) is 0 Å². The van der Waals surface area contributed by atoms with E-state index in [0.29, 0.717) is 16.8 Å². The van der Waals surface area contributed by atoms with Gasteiger partial charge in [-0.05, 0) is 42.8 Å². The number of carbonyl (C=O) groups excluding carboxylic acids is 2. The predicted octanol–water partition coefficient (Wildman–Crippen LogP) is 2.35. The number of rotatable bonds is 4. The summed E-state index contributed by atoms with van der Waals surface area (Å²) >= 11 is 0. The highest BCUT2D eigenvalue weighted by Gasteiger charge is 2.22. The quantitative estimate of drug-likeness (QED) is 0.723. The van der Waals surface area contributed by atoms with E-state index >= 15 is 0 Å². The zero-order chi connectivity index (χ0) is 17.3. The van der Waals surface area contributed by atoms with Gasteiger partial charge in [-0.15, -0.1) is 0 Å². The van der Waals surface area contributed by atoms with Crippen LogP contribution in [-0.4, -0.2) is 22.9 Å². The second-order valence-electron chi connectivity index (χ2n) is 5.40. The maximum Gasteiger partial charge on any atom is 0.252 e. The second-order valence-corrected chi connectivity index (χ2v) is 5.40. The van der Waals surface area contributed by atoms with E-state index in [1.165, 1.54) is 28.9 Å². The van der Waals surface area contributed by atoms with Crippen molar-refractivity contribution >= 4 is 22.6 Å². The molecule has 1 heterocycles. The van der Waals surface area contributed by atoms with E-state index in [0.717, 1.165) is 10.9 Å². The molecule has 0 saturated heterocycles. The standard InChI is InChI=1S/C18H16FN3O2/c1-11-14-4-2-3-5-15(14)22(21-16(23)10-20)17(11)18(24)12-6-8-13(19)9-7-12/h2-9H,10,20H2,1H3,(H,21,23). The first-order chi connectivity index (χ1) is 11.5. The van der Waals surface area contributed by atoms with Gasteiger partial charge in [0.1, 0.15) is 11.5 Å². The summed E-state index contributed by atoms with van der Waals surface area (Å²) in [6, 6.07) is 12.7. The highest BCUT2D eigenvalue weighted by molar-refractivity contribution is 6.12. The van der Waals surface area contributed by atoms with E-state index in [1.807, 2.05) is 25.1 Å². The van der Waals surface area contributed by atoms with Gasteiger partial charge < -0.3 is 5.73 Å². The highest BCUT2D eigenvalue weighted by atomic mass is 19.1. The van der Waals surface area contributed by atoms with Crippen molar-refractivity contribution in [2.24, 2.45) is 5.73 Å². The monoisotopic (exact) mass is 325 g/mol. The van der Waals surface area contributed by atoms with Gasteiger partial charge in [0, 0.05) is 10.9 Å². The summed E-state index contributed by atoms with van der Waals surface area (Å²) in [7, 11) is 0. The molecule has 0 radical (unpaired) electrons. The minimum Gasteiger partial charge on any atom is -0.322 e. The van der Waals surface area contributed by atoms with Crippen molar-refractivity contribution in [3.05, 3.63) is 71.2 Å². The molecule has 1 aromatic heterocycles. The molecule has 0 bridgehead atoms. The Bertz CT molecular complexity index is 929. The van der Waals surface area contributed by atoms with E-state index < -0.39 is 11.7 Å². The van der Waals surface area contributed by atoms with Gasteiger partial charge in [-0.2, -0.15) is 0 Å². The first-order valence-corrected chi connectivity index (χ1v) is 7.43. The number of halogens is 1. The molecular weight excluding hydrogens is 309 g/mol. The van der Waals surface area contributed by atoms with Crippen LogP contribution in [-0.2, 0) is 4.79 Å². The van der Waals surface area contributed by atoms with Crippen molar-refractivity contribution < 1.29 is 14.0 Å². The first-order valence-electron chi connectivity index (χ1n) is 7.43. The van der Waals surface area contributed by atoms with Crippen molar-refractivity contribution in [2.75, 3.05) is 12.0 Å². The number of amides is 1. The zero-order valence-corrected chi connectivity index (χ0v) is 13.0. The van der Waals surface area contributed by atoms with Crippen molar-refractivity contribution in [1.29, 1.82) is 0 Å². The van der Waals surface area contributed by atoms with Crippen molar-refractivity contribution in [2.45, 2.75) is 6.92 Å². The molecule has 6 heteroatoms. The Morgan fingerprint density at radius 1 is 1.12 bits per heavy atom. The average molecular weight is 325 g/mol. The number of fused-ring (bicyclic) bond motifs is 1. The number of nitrogens with two attached hydrogens (primary N) is 1. The Morgan fingerprint density at radius 2 is 1.79 bits per heavy atom. The van der Waals surface area contributed by atoms with Crippen LogP contribution in [0.1, 0.15) is 21.6 Å².